The van der Waals surface area contributed by atoms with E-state index in [9.17, 15) is 30.6 Å². The van der Waals surface area contributed by atoms with Gasteiger partial charge in [-0.2, -0.15) is 0 Å². The highest BCUT2D eigenvalue weighted by Crippen LogP contribution is 2.25. The molecule has 0 radical (unpaired) electrons. The number of ether oxygens (including phenoxy) is 2. The van der Waals surface area contributed by atoms with Gasteiger partial charge in [-0.3, -0.25) is 0 Å². The Hall–Kier alpha value is -0.400. The van der Waals surface area contributed by atoms with Crippen molar-refractivity contribution in [3.8, 4) is 0 Å². The summed E-state index contributed by atoms with van der Waals surface area (Å²) in [5.41, 5.74) is 0. The Balaban J connectivity index is 2.09. The van der Waals surface area contributed by atoms with E-state index in [1.807, 2.05) is 0 Å². The van der Waals surface area contributed by atoms with Crippen molar-refractivity contribution < 1.29 is 45.2 Å². The highest BCUT2D eigenvalue weighted by molar-refractivity contribution is 4.95. The van der Waals surface area contributed by atoms with Gasteiger partial charge in [0.1, 0.15) is 36.6 Å². The molecule has 10 nitrogen and oxygen atoms in total. The van der Waals surface area contributed by atoms with E-state index in [0.717, 1.165) is 0 Å². The molecule has 0 aromatic rings. The third kappa shape index (κ3) is 3.41. The fraction of sp³-hybridized carbons (Fsp3) is 1.00. The Kier molecular flexibility index (Phi) is 6.07. The summed E-state index contributed by atoms with van der Waals surface area (Å²) in [6.45, 7) is -0.949. The van der Waals surface area contributed by atoms with Crippen molar-refractivity contribution in [1.82, 2.24) is 5.32 Å². The van der Waals surface area contributed by atoms with Gasteiger partial charge >= 0.3 is 0 Å². The Morgan fingerprint density at radius 1 is 0.909 bits per heavy atom. The molecule has 0 spiro atoms. The normalized spacial score (nSPS) is 50.0. The van der Waals surface area contributed by atoms with Crippen LogP contribution in [0.15, 0.2) is 0 Å². The van der Waals surface area contributed by atoms with E-state index < -0.39 is 68.3 Å². The molecule has 2 heterocycles. The maximum absolute atomic E-state index is 9.97. The van der Waals surface area contributed by atoms with Crippen LogP contribution >= 0.6 is 0 Å². The van der Waals surface area contributed by atoms with E-state index in [1.54, 1.807) is 0 Å². The molecule has 0 unspecified atom stereocenters. The topological polar surface area (TPSA) is 172 Å². The third-order valence-corrected chi connectivity index (χ3v) is 4.05. The number of β-amino-alcohol motifs (C(OH)–C–C–N with tert-alkyl or cyclic N) is 1. The van der Waals surface area contributed by atoms with Gasteiger partial charge < -0.3 is 50.5 Å². The Labute approximate surface area is 126 Å². The molecule has 8 N–H and O–H groups in total. The number of aliphatic hydroxyl groups excluding tert-OH is 7. The second-order valence-corrected chi connectivity index (χ2v) is 5.55. The lowest BCUT2D eigenvalue weighted by atomic mass is 9.95. The molecule has 2 aliphatic rings. The van der Waals surface area contributed by atoms with Crippen LogP contribution in [-0.2, 0) is 9.47 Å². The van der Waals surface area contributed by atoms with E-state index in [4.69, 9.17) is 14.6 Å². The van der Waals surface area contributed by atoms with Gasteiger partial charge in [-0.1, -0.05) is 0 Å². The summed E-state index contributed by atoms with van der Waals surface area (Å²) in [7, 11) is 0. The van der Waals surface area contributed by atoms with Crippen LogP contribution in [-0.4, -0.2) is 111 Å². The van der Waals surface area contributed by atoms with Crippen LogP contribution in [0.4, 0.5) is 0 Å². The molecular formula is C12H23NO9. The molecule has 2 saturated heterocycles. The zero-order chi connectivity index (χ0) is 16.4. The molecule has 22 heavy (non-hydrogen) atoms. The highest BCUT2D eigenvalue weighted by atomic mass is 16.7. The minimum atomic E-state index is -1.62. The molecular weight excluding hydrogens is 302 g/mol. The largest absolute Gasteiger partial charge is 0.395 e. The molecule has 2 rings (SSSR count). The predicted octanol–water partition coefficient (Wildman–Crippen LogP) is -5.14. The van der Waals surface area contributed by atoms with Crippen molar-refractivity contribution in [3.63, 3.8) is 0 Å². The summed E-state index contributed by atoms with van der Waals surface area (Å²) in [6.07, 6.45) is -10.9. The monoisotopic (exact) mass is 325 g/mol. The summed E-state index contributed by atoms with van der Waals surface area (Å²) in [5.74, 6) is 0. The van der Waals surface area contributed by atoms with Gasteiger partial charge in [0.2, 0.25) is 0 Å². The van der Waals surface area contributed by atoms with Crippen LogP contribution in [0.25, 0.3) is 0 Å². The van der Waals surface area contributed by atoms with E-state index in [0.29, 0.717) is 0 Å². The van der Waals surface area contributed by atoms with E-state index in [-0.39, 0.29) is 6.54 Å². The molecule has 2 aliphatic heterocycles. The quantitative estimate of drug-likeness (QED) is 0.250. The number of nitrogens with one attached hydrogen (secondary N) is 1. The second-order valence-electron chi connectivity index (χ2n) is 5.55. The number of aliphatic hydroxyl groups is 7. The molecule has 0 amide bonds. The van der Waals surface area contributed by atoms with Gasteiger partial charge in [-0.15, -0.1) is 0 Å². The first-order valence-electron chi connectivity index (χ1n) is 7.07. The Morgan fingerprint density at radius 2 is 1.59 bits per heavy atom. The Morgan fingerprint density at radius 3 is 2.18 bits per heavy atom. The van der Waals surface area contributed by atoms with Crippen LogP contribution in [0.5, 0.6) is 0 Å². The van der Waals surface area contributed by atoms with E-state index in [1.165, 1.54) is 0 Å². The number of hydrogen-bond donors (Lipinski definition) is 8. The molecule has 130 valence electrons. The van der Waals surface area contributed by atoms with Crippen LogP contribution in [0.3, 0.4) is 0 Å². The predicted molar refractivity (Wildman–Crippen MR) is 69.5 cm³/mol. The van der Waals surface area contributed by atoms with Crippen molar-refractivity contribution in [2.24, 2.45) is 0 Å². The van der Waals surface area contributed by atoms with Gasteiger partial charge in [0.15, 0.2) is 6.29 Å². The molecule has 2 fully saturated rings. The SMILES string of the molecule is OC[C@H]1NC[C@@H](O)[C@@H](O)[C@@H]1O[C@H]1O[C@H](CO)[C@@H](O)[C@H](O)[C@H]1O. The lowest BCUT2D eigenvalue weighted by Crippen LogP contribution is -2.65. The fourth-order valence-corrected chi connectivity index (χ4v) is 2.64. The molecule has 10 heteroatoms. The first-order valence-corrected chi connectivity index (χ1v) is 7.07. The zero-order valence-corrected chi connectivity index (χ0v) is 11.8. The van der Waals surface area contributed by atoms with Gasteiger partial charge in [0, 0.05) is 6.54 Å². The fourth-order valence-electron chi connectivity index (χ4n) is 2.64. The van der Waals surface area contributed by atoms with Crippen LogP contribution in [0.2, 0.25) is 0 Å². The standard InChI is InChI=1S/C12H23NO9/c14-2-4-11(7(17)5(16)1-13-4)22-12-10(20)9(19)8(18)6(3-15)21-12/h4-20H,1-3H2/t4-,5-,6-,7-,8-,9+,10-,11-,12-/m1/s1. The summed E-state index contributed by atoms with van der Waals surface area (Å²) < 4.78 is 10.6. The van der Waals surface area contributed by atoms with Crippen LogP contribution in [0, 0.1) is 0 Å². The minimum absolute atomic E-state index is 0.0565. The van der Waals surface area contributed by atoms with E-state index >= 15 is 0 Å². The van der Waals surface area contributed by atoms with Crippen molar-refractivity contribution in [2.75, 3.05) is 19.8 Å². The van der Waals surface area contributed by atoms with Crippen molar-refractivity contribution in [2.45, 2.75) is 55.1 Å². The van der Waals surface area contributed by atoms with Gasteiger partial charge in [-0.25, -0.2) is 0 Å². The first-order chi connectivity index (χ1) is 10.4. The second kappa shape index (κ2) is 7.45. The van der Waals surface area contributed by atoms with E-state index in [2.05, 4.69) is 5.32 Å². The molecule has 0 saturated carbocycles. The summed E-state index contributed by atoms with van der Waals surface area (Å²) >= 11 is 0. The smallest absolute Gasteiger partial charge is 0.187 e. The molecule has 9 atom stereocenters. The minimum Gasteiger partial charge on any atom is -0.395 e. The van der Waals surface area contributed by atoms with Gasteiger partial charge in [-0.05, 0) is 0 Å². The Bertz CT molecular complexity index is 355. The van der Waals surface area contributed by atoms with Crippen molar-refractivity contribution >= 4 is 0 Å². The van der Waals surface area contributed by atoms with Crippen LogP contribution < -0.4 is 5.32 Å². The van der Waals surface area contributed by atoms with Crippen LogP contribution in [0.1, 0.15) is 0 Å². The zero-order valence-electron chi connectivity index (χ0n) is 11.8. The maximum atomic E-state index is 9.97. The maximum Gasteiger partial charge on any atom is 0.187 e. The number of rotatable bonds is 4. The summed E-state index contributed by atoms with van der Waals surface area (Å²) in [6, 6.07) is -0.717. The average molecular weight is 325 g/mol. The number of piperidine rings is 1. The number of hydrogen-bond acceptors (Lipinski definition) is 10. The summed E-state index contributed by atoms with van der Waals surface area (Å²) in [5, 5.41) is 70.0. The first kappa shape index (κ1) is 17.9. The molecule has 0 aliphatic carbocycles. The highest BCUT2D eigenvalue weighted by Gasteiger charge is 2.47. The summed E-state index contributed by atoms with van der Waals surface area (Å²) in [4.78, 5) is 0. The third-order valence-electron chi connectivity index (χ3n) is 4.05. The van der Waals surface area contributed by atoms with Crippen molar-refractivity contribution in [1.29, 1.82) is 0 Å². The molecule has 0 aromatic carbocycles. The lowest BCUT2D eigenvalue weighted by molar-refractivity contribution is -0.324. The van der Waals surface area contributed by atoms with Gasteiger partial charge in [0.05, 0.1) is 25.4 Å². The van der Waals surface area contributed by atoms with Crippen molar-refractivity contribution in [3.05, 3.63) is 0 Å². The lowest BCUT2D eigenvalue weighted by Gasteiger charge is -2.44. The van der Waals surface area contributed by atoms with Gasteiger partial charge in [0.25, 0.3) is 0 Å². The molecule has 0 bridgehead atoms. The molecule has 0 aromatic heterocycles. The average Bonchev–Trinajstić information content (AvgIpc) is 2.52.